The summed E-state index contributed by atoms with van der Waals surface area (Å²) >= 11 is 0. The summed E-state index contributed by atoms with van der Waals surface area (Å²) in [6.45, 7) is 4.14. The monoisotopic (exact) mass is 137 g/mol. The highest BCUT2D eigenvalue weighted by Gasteiger charge is 2.10. The third-order valence-electron chi connectivity index (χ3n) is 1.58. The zero-order chi connectivity index (χ0) is 7.56. The smallest absolute Gasteiger partial charge is 0.177 e. The maximum absolute atomic E-state index is 10.8. The number of Topliss-reactive ketones (excluding diaryl/α,β-unsaturated/α-hetero) is 1. The Labute approximate surface area is 60.7 Å². The van der Waals surface area contributed by atoms with Crippen LogP contribution in [0.5, 0.6) is 0 Å². The number of hydrogen-bond acceptors (Lipinski definition) is 2. The van der Waals surface area contributed by atoms with Crippen LogP contribution < -0.4 is 0 Å². The Hall–Kier alpha value is -0.920. The molecule has 1 aliphatic rings. The van der Waals surface area contributed by atoms with Crippen LogP contribution in [0.15, 0.2) is 16.8 Å². The third kappa shape index (κ3) is 1.53. The molecule has 0 fully saturated rings. The van der Waals surface area contributed by atoms with Crippen LogP contribution in [0.4, 0.5) is 0 Å². The minimum atomic E-state index is 0.117. The summed E-state index contributed by atoms with van der Waals surface area (Å²) < 4.78 is 0. The Morgan fingerprint density at radius 3 is 2.70 bits per heavy atom. The number of carbonyl (C=O) groups excluding carboxylic acids is 1. The largest absolute Gasteiger partial charge is 0.293 e. The van der Waals surface area contributed by atoms with E-state index in [1.165, 1.54) is 6.21 Å². The third-order valence-corrected chi connectivity index (χ3v) is 1.58. The molecule has 0 saturated heterocycles. The average Bonchev–Trinajstić information content (AvgIpc) is 1.88. The van der Waals surface area contributed by atoms with Crippen molar-refractivity contribution < 1.29 is 4.79 Å². The Bertz CT molecular complexity index is 201. The fraction of sp³-hybridized carbons (Fsp3) is 0.500. The van der Waals surface area contributed by atoms with E-state index in [1.54, 1.807) is 6.20 Å². The predicted molar refractivity (Wildman–Crippen MR) is 41.0 cm³/mol. The van der Waals surface area contributed by atoms with Gasteiger partial charge in [-0.05, 0) is 11.5 Å². The molecule has 0 atom stereocenters. The minimum Gasteiger partial charge on any atom is -0.293 e. The number of hydrogen-bond donors (Lipinski definition) is 0. The van der Waals surface area contributed by atoms with E-state index in [0.29, 0.717) is 12.3 Å². The van der Waals surface area contributed by atoms with Crippen molar-refractivity contribution in [3.63, 3.8) is 0 Å². The maximum atomic E-state index is 10.8. The summed E-state index contributed by atoms with van der Waals surface area (Å²) in [7, 11) is 0. The van der Waals surface area contributed by atoms with E-state index >= 15 is 0 Å². The molecule has 0 saturated carbocycles. The van der Waals surface area contributed by atoms with E-state index in [-0.39, 0.29) is 5.78 Å². The van der Waals surface area contributed by atoms with Gasteiger partial charge in [-0.1, -0.05) is 13.8 Å². The molecule has 10 heavy (non-hydrogen) atoms. The van der Waals surface area contributed by atoms with Crippen LogP contribution >= 0.6 is 0 Å². The van der Waals surface area contributed by atoms with E-state index in [2.05, 4.69) is 18.8 Å². The van der Waals surface area contributed by atoms with Crippen LogP contribution in [-0.2, 0) is 4.79 Å². The van der Waals surface area contributed by atoms with Crippen molar-refractivity contribution in [1.82, 2.24) is 0 Å². The molecule has 1 aliphatic heterocycles. The summed E-state index contributed by atoms with van der Waals surface area (Å²) in [5.74, 6) is 0.563. The Kier molecular flexibility index (Phi) is 2.00. The number of nitrogens with zero attached hydrogens (tertiary/aromatic N) is 1. The van der Waals surface area contributed by atoms with Crippen LogP contribution in [0.25, 0.3) is 0 Å². The number of rotatable bonds is 1. The van der Waals surface area contributed by atoms with Gasteiger partial charge < -0.3 is 0 Å². The molecule has 0 N–H and O–H groups in total. The molecule has 0 amide bonds. The molecule has 0 radical (unpaired) electrons. The van der Waals surface area contributed by atoms with Crippen LogP contribution in [-0.4, -0.2) is 12.0 Å². The van der Waals surface area contributed by atoms with E-state index in [4.69, 9.17) is 0 Å². The van der Waals surface area contributed by atoms with E-state index < -0.39 is 0 Å². The second-order valence-electron chi connectivity index (χ2n) is 2.78. The zero-order valence-corrected chi connectivity index (χ0v) is 6.29. The fourth-order valence-electron chi connectivity index (χ4n) is 0.862. The number of aliphatic imine (C=N–C) groups is 1. The van der Waals surface area contributed by atoms with Crippen molar-refractivity contribution >= 4 is 12.0 Å². The van der Waals surface area contributed by atoms with Gasteiger partial charge in [-0.25, -0.2) is 0 Å². The second-order valence-corrected chi connectivity index (χ2v) is 2.78. The molecule has 0 unspecified atom stereocenters. The summed E-state index contributed by atoms with van der Waals surface area (Å²) in [6.07, 6.45) is 3.72. The van der Waals surface area contributed by atoms with Crippen LogP contribution in [0.3, 0.4) is 0 Å². The van der Waals surface area contributed by atoms with Gasteiger partial charge in [0.15, 0.2) is 5.78 Å². The molecule has 0 bridgehead atoms. The van der Waals surface area contributed by atoms with Gasteiger partial charge in [-0.2, -0.15) is 0 Å². The predicted octanol–water partition coefficient (Wildman–Crippen LogP) is 1.57. The lowest BCUT2D eigenvalue weighted by Gasteiger charge is -2.09. The molecule has 2 heteroatoms. The molecule has 0 aromatic rings. The van der Waals surface area contributed by atoms with E-state index in [9.17, 15) is 4.79 Å². The number of carbonyl (C=O) groups is 1. The minimum absolute atomic E-state index is 0.117. The summed E-state index contributed by atoms with van der Waals surface area (Å²) in [5.41, 5.74) is 1.13. The number of allylic oxidation sites excluding steroid dienone is 1. The first-order chi connectivity index (χ1) is 4.70. The van der Waals surface area contributed by atoms with Crippen molar-refractivity contribution in [1.29, 1.82) is 0 Å². The number of ketones is 1. The lowest BCUT2D eigenvalue weighted by molar-refractivity contribution is -0.112. The zero-order valence-electron chi connectivity index (χ0n) is 6.29. The first-order valence-corrected chi connectivity index (χ1v) is 3.45. The Morgan fingerprint density at radius 1 is 1.60 bits per heavy atom. The van der Waals surface area contributed by atoms with E-state index in [1.807, 2.05) is 0 Å². The molecule has 1 rings (SSSR count). The Morgan fingerprint density at radius 2 is 2.30 bits per heavy atom. The van der Waals surface area contributed by atoms with Gasteiger partial charge >= 0.3 is 0 Å². The first-order valence-electron chi connectivity index (χ1n) is 3.45. The maximum Gasteiger partial charge on any atom is 0.177 e. The van der Waals surface area contributed by atoms with Gasteiger partial charge in [0.1, 0.15) is 0 Å². The highest BCUT2D eigenvalue weighted by atomic mass is 16.1. The first kappa shape index (κ1) is 7.19. The fourth-order valence-corrected chi connectivity index (χ4v) is 0.862. The SMILES string of the molecule is CC(C)C1=CN=CC(=O)C1. The lowest BCUT2D eigenvalue weighted by atomic mass is 9.98. The molecule has 0 aromatic heterocycles. The molecule has 2 nitrogen and oxygen atoms in total. The van der Waals surface area contributed by atoms with Gasteiger partial charge in [0.05, 0.1) is 6.21 Å². The van der Waals surface area contributed by atoms with Gasteiger partial charge in [0, 0.05) is 12.6 Å². The normalized spacial score (nSPS) is 17.9. The highest BCUT2D eigenvalue weighted by Crippen LogP contribution is 2.15. The molecule has 0 aromatic carbocycles. The Balaban J connectivity index is 2.70. The molecule has 0 spiro atoms. The van der Waals surface area contributed by atoms with Gasteiger partial charge in [0.25, 0.3) is 0 Å². The molecular weight excluding hydrogens is 126 g/mol. The molecule has 1 heterocycles. The standard InChI is InChI=1S/C8H11NO/c1-6(2)7-3-8(10)5-9-4-7/h4-6H,3H2,1-2H3. The van der Waals surface area contributed by atoms with Crippen molar-refractivity contribution in [3.8, 4) is 0 Å². The van der Waals surface area contributed by atoms with Crippen LogP contribution in [0.2, 0.25) is 0 Å². The molecular formula is C8H11NO. The van der Waals surface area contributed by atoms with Gasteiger partial charge in [0.2, 0.25) is 0 Å². The molecule has 0 aliphatic carbocycles. The van der Waals surface area contributed by atoms with Crippen molar-refractivity contribution in [2.45, 2.75) is 20.3 Å². The van der Waals surface area contributed by atoms with Crippen LogP contribution in [0, 0.1) is 5.92 Å². The summed E-state index contributed by atoms with van der Waals surface area (Å²) in [4.78, 5) is 14.6. The van der Waals surface area contributed by atoms with Crippen molar-refractivity contribution in [3.05, 3.63) is 11.8 Å². The van der Waals surface area contributed by atoms with Crippen molar-refractivity contribution in [2.75, 3.05) is 0 Å². The van der Waals surface area contributed by atoms with Gasteiger partial charge in [-0.15, -0.1) is 0 Å². The quantitative estimate of drug-likeness (QED) is 0.539. The summed E-state index contributed by atoms with van der Waals surface area (Å²) in [6, 6.07) is 0. The van der Waals surface area contributed by atoms with Gasteiger partial charge in [-0.3, -0.25) is 9.79 Å². The second kappa shape index (κ2) is 2.78. The average molecular weight is 137 g/mol. The van der Waals surface area contributed by atoms with E-state index in [0.717, 1.165) is 5.57 Å². The lowest BCUT2D eigenvalue weighted by Crippen LogP contribution is -2.08. The molecule has 54 valence electrons. The van der Waals surface area contributed by atoms with Crippen molar-refractivity contribution in [2.24, 2.45) is 10.9 Å². The van der Waals surface area contributed by atoms with Crippen LogP contribution in [0.1, 0.15) is 20.3 Å². The topological polar surface area (TPSA) is 29.4 Å². The summed E-state index contributed by atoms with van der Waals surface area (Å²) in [5, 5.41) is 0. The highest BCUT2D eigenvalue weighted by molar-refractivity contribution is 6.28.